The van der Waals surface area contributed by atoms with Gasteiger partial charge in [-0.25, -0.2) is 0 Å². The number of rotatable bonds is 5. The summed E-state index contributed by atoms with van der Waals surface area (Å²) in [5.74, 6) is 1.33. The van der Waals surface area contributed by atoms with Gasteiger partial charge in [0.05, 0.1) is 6.54 Å². The molecule has 0 radical (unpaired) electrons. The van der Waals surface area contributed by atoms with Crippen LogP contribution in [0.5, 0.6) is 0 Å². The van der Waals surface area contributed by atoms with Gasteiger partial charge in [-0.3, -0.25) is 4.79 Å². The first-order valence-corrected chi connectivity index (χ1v) is 5.15. The molecule has 0 aromatic carbocycles. The van der Waals surface area contributed by atoms with E-state index in [1.807, 2.05) is 11.5 Å². The molecule has 0 aliphatic rings. The molecule has 0 aliphatic heterocycles. The van der Waals surface area contributed by atoms with Crippen molar-refractivity contribution in [2.24, 2.45) is 0 Å². The van der Waals surface area contributed by atoms with Gasteiger partial charge in [0.1, 0.15) is 6.33 Å². The Hall–Kier alpha value is -1.04. The first-order chi connectivity index (χ1) is 6.77. The van der Waals surface area contributed by atoms with Crippen LogP contribution in [0.2, 0.25) is 0 Å². The number of carbonyl (C=O) groups is 1. The maximum Gasteiger partial charge on any atom is 0.221 e. The second-order valence-electron chi connectivity index (χ2n) is 2.78. The van der Waals surface area contributed by atoms with Crippen molar-refractivity contribution in [1.29, 1.82) is 0 Å². The van der Waals surface area contributed by atoms with E-state index in [-0.39, 0.29) is 5.91 Å². The number of nitrogens with zero attached hydrogens (tertiary/aromatic N) is 3. The van der Waals surface area contributed by atoms with Crippen LogP contribution in [0.3, 0.4) is 0 Å². The maximum absolute atomic E-state index is 11.1. The van der Waals surface area contributed by atoms with Crippen LogP contribution < -0.4 is 5.32 Å². The number of hydrogen-bond donors (Lipinski definition) is 2. The number of nitrogens with one attached hydrogen (secondary N) is 1. The van der Waals surface area contributed by atoms with Crippen molar-refractivity contribution in [2.45, 2.75) is 26.4 Å². The molecule has 0 aliphatic carbocycles. The van der Waals surface area contributed by atoms with Crippen molar-refractivity contribution >= 4 is 18.5 Å². The average Bonchev–Trinajstić information content (AvgIpc) is 2.62. The van der Waals surface area contributed by atoms with Gasteiger partial charge in [-0.2, -0.15) is 12.6 Å². The molecule has 1 heterocycles. The Morgan fingerprint density at radius 3 is 3.14 bits per heavy atom. The van der Waals surface area contributed by atoms with Crippen LogP contribution in [0.15, 0.2) is 6.33 Å². The summed E-state index contributed by atoms with van der Waals surface area (Å²) < 4.78 is 1.89. The number of aromatic nitrogens is 3. The van der Waals surface area contributed by atoms with Crippen LogP contribution in [0.25, 0.3) is 0 Å². The monoisotopic (exact) mass is 214 g/mol. The molecule has 1 N–H and O–H groups in total. The Morgan fingerprint density at radius 2 is 2.50 bits per heavy atom. The highest BCUT2D eigenvalue weighted by Gasteiger charge is 2.04. The van der Waals surface area contributed by atoms with E-state index in [4.69, 9.17) is 0 Å². The zero-order chi connectivity index (χ0) is 10.4. The highest BCUT2D eigenvalue weighted by molar-refractivity contribution is 7.80. The smallest absolute Gasteiger partial charge is 0.221 e. The molecule has 14 heavy (non-hydrogen) atoms. The van der Waals surface area contributed by atoms with E-state index < -0.39 is 0 Å². The molecular weight excluding hydrogens is 200 g/mol. The second-order valence-corrected chi connectivity index (χ2v) is 3.23. The van der Waals surface area contributed by atoms with E-state index in [1.165, 1.54) is 0 Å². The quantitative estimate of drug-likeness (QED) is 0.690. The highest BCUT2D eigenvalue weighted by atomic mass is 32.1. The standard InChI is InChI=1S/C8H14N4OS/c1-2-12-6-10-11-7(12)5-9-8(13)3-4-14/h6,14H,2-5H2,1H3,(H,9,13). The van der Waals surface area contributed by atoms with Gasteiger partial charge in [0.2, 0.25) is 5.91 Å². The second kappa shape index (κ2) is 5.64. The summed E-state index contributed by atoms with van der Waals surface area (Å²) in [7, 11) is 0. The van der Waals surface area contributed by atoms with Crippen LogP contribution in [0.4, 0.5) is 0 Å². The van der Waals surface area contributed by atoms with Crippen LogP contribution in [0, 0.1) is 0 Å². The number of amides is 1. The lowest BCUT2D eigenvalue weighted by Crippen LogP contribution is -2.24. The molecule has 1 aromatic rings. The molecule has 6 heteroatoms. The summed E-state index contributed by atoms with van der Waals surface area (Å²) in [5, 5.41) is 10.4. The van der Waals surface area contributed by atoms with Crippen molar-refractivity contribution in [3.63, 3.8) is 0 Å². The van der Waals surface area contributed by atoms with Gasteiger partial charge in [-0.15, -0.1) is 10.2 Å². The molecule has 0 saturated carbocycles. The highest BCUT2D eigenvalue weighted by Crippen LogP contribution is 1.94. The first kappa shape index (κ1) is 11.0. The number of thiol groups is 1. The van der Waals surface area contributed by atoms with Gasteiger partial charge in [0.15, 0.2) is 5.82 Å². The molecule has 0 bridgehead atoms. The van der Waals surface area contributed by atoms with Crippen molar-refractivity contribution in [3.05, 3.63) is 12.2 Å². The molecule has 1 rings (SSSR count). The van der Waals surface area contributed by atoms with Crippen molar-refractivity contribution in [1.82, 2.24) is 20.1 Å². The molecule has 1 aromatic heterocycles. The fraction of sp³-hybridized carbons (Fsp3) is 0.625. The lowest BCUT2D eigenvalue weighted by Gasteiger charge is -2.04. The summed E-state index contributed by atoms with van der Waals surface area (Å²) >= 11 is 3.97. The van der Waals surface area contributed by atoms with Crippen LogP contribution in [-0.4, -0.2) is 26.4 Å². The molecular formula is C8H14N4OS. The zero-order valence-corrected chi connectivity index (χ0v) is 9.00. The first-order valence-electron chi connectivity index (χ1n) is 4.52. The summed E-state index contributed by atoms with van der Waals surface area (Å²) in [6, 6.07) is 0. The minimum absolute atomic E-state index is 0.00865. The topological polar surface area (TPSA) is 59.8 Å². The fourth-order valence-electron chi connectivity index (χ4n) is 1.05. The molecule has 0 saturated heterocycles. The molecule has 0 atom stereocenters. The van der Waals surface area contributed by atoms with Crippen molar-refractivity contribution < 1.29 is 4.79 Å². The van der Waals surface area contributed by atoms with Gasteiger partial charge in [-0.1, -0.05) is 0 Å². The van der Waals surface area contributed by atoms with E-state index in [2.05, 4.69) is 28.1 Å². The molecule has 0 spiro atoms. The van der Waals surface area contributed by atoms with Gasteiger partial charge in [-0.05, 0) is 12.7 Å². The van der Waals surface area contributed by atoms with E-state index in [0.29, 0.717) is 18.7 Å². The fourth-order valence-corrected chi connectivity index (χ4v) is 1.25. The predicted molar refractivity (Wildman–Crippen MR) is 56.0 cm³/mol. The summed E-state index contributed by atoms with van der Waals surface area (Å²) in [5.41, 5.74) is 0. The van der Waals surface area contributed by atoms with Crippen LogP contribution in [0.1, 0.15) is 19.2 Å². The predicted octanol–water partition coefficient (Wildman–Crippen LogP) is 0.234. The summed E-state index contributed by atoms with van der Waals surface area (Å²) in [6.45, 7) is 3.24. The lowest BCUT2D eigenvalue weighted by molar-refractivity contribution is -0.120. The van der Waals surface area contributed by atoms with Crippen LogP contribution in [-0.2, 0) is 17.9 Å². The number of hydrogen-bond acceptors (Lipinski definition) is 4. The lowest BCUT2D eigenvalue weighted by atomic mass is 10.4. The Bertz CT molecular complexity index is 299. The van der Waals surface area contributed by atoms with E-state index in [9.17, 15) is 4.79 Å². The molecule has 78 valence electrons. The van der Waals surface area contributed by atoms with Gasteiger partial charge in [0.25, 0.3) is 0 Å². The largest absolute Gasteiger partial charge is 0.349 e. The average molecular weight is 214 g/mol. The maximum atomic E-state index is 11.1. The third-order valence-electron chi connectivity index (χ3n) is 1.82. The summed E-state index contributed by atoms with van der Waals surface area (Å²) in [6.07, 6.45) is 2.09. The van der Waals surface area contributed by atoms with E-state index in [1.54, 1.807) is 6.33 Å². The molecule has 0 unspecified atom stereocenters. The normalized spacial score (nSPS) is 10.1. The Kier molecular flexibility index (Phi) is 4.45. The van der Waals surface area contributed by atoms with Gasteiger partial charge >= 0.3 is 0 Å². The van der Waals surface area contributed by atoms with Gasteiger partial charge in [0, 0.05) is 13.0 Å². The van der Waals surface area contributed by atoms with E-state index >= 15 is 0 Å². The van der Waals surface area contributed by atoms with Crippen molar-refractivity contribution in [3.8, 4) is 0 Å². The third-order valence-corrected chi connectivity index (χ3v) is 2.04. The van der Waals surface area contributed by atoms with Crippen molar-refractivity contribution in [2.75, 3.05) is 5.75 Å². The summed E-state index contributed by atoms with van der Waals surface area (Å²) in [4.78, 5) is 11.1. The third kappa shape index (κ3) is 3.02. The SMILES string of the molecule is CCn1cnnc1CNC(=O)CCS. The molecule has 1 amide bonds. The molecule has 5 nitrogen and oxygen atoms in total. The minimum atomic E-state index is -0.00865. The van der Waals surface area contributed by atoms with E-state index in [0.717, 1.165) is 12.4 Å². The van der Waals surface area contributed by atoms with Crippen LogP contribution >= 0.6 is 12.6 Å². The minimum Gasteiger partial charge on any atom is -0.349 e. The Morgan fingerprint density at radius 1 is 1.71 bits per heavy atom. The Labute approximate surface area is 88.3 Å². The zero-order valence-electron chi connectivity index (χ0n) is 8.10. The van der Waals surface area contributed by atoms with Gasteiger partial charge < -0.3 is 9.88 Å². The number of aryl methyl sites for hydroxylation is 1. The Balaban J connectivity index is 2.41. The number of carbonyl (C=O) groups excluding carboxylic acids is 1. The molecule has 0 fully saturated rings.